The minimum Gasteiger partial charge on any atom is -0.493 e. The fourth-order valence-corrected chi connectivity index (χ4v) is 6.29. The summed E-state index contributed by atoms with van der Waals surface area (Å²) in [6, 6.07) is 28.9. The van der Waals surface area contributed by atoms with Crippen LogP contribution < -0.4 is 29.0 Å². The van der Waals surface area contributed by atoms with Gasteiger partial charge in [-0.25, -0.2) is 4.79 Å². The highest BCUT2D eigenvalue weighted by atomic mass is 16.6. The van der Waals surface area contributed by atoms with Gasteiger partial charge in [-0.15, -0.1) is 15.0 Å². The highest BCUT2D eigenvalue weighted by Crippen LogP contribution is 2.38. The molecule has 2 heterocycles. The smallest absolute Gasteiger partial charge is 0.417 e. The van der Waals surface area contributed by atoms with Crippen LogP contribution in [0.15, 0.2) is 91.0 Å². The zero-order chi connectivity index (χ0) is 35.3. The van der Waals surface area contributed by atoms with E-state index in [1.165, 1.54) is 35.7 Å². The number of hydrogen-bond donors (Lipinski definition) is 1. The molecule has 0 radical (unpaired) electrons. The van der Waals surface area contributed by atoms with Crippen molar-refractivity contribution in [2.75, 3.05) is 46.8 Å². The lowest BCUT2D eigenvalue weighted by Crippen LogP contribution is -2.32. The summed E-state index contributed by atoms with van der Waals surface area (Å²) >= 11 is 0. The molecule has 0 atom stereocenters. The highest BCUT2D eigenvalue weighted by molar-refractivity contribution is 5.93. The van der Waals surface area contributed by atoms with Crippen molar-refractivity contribution in [3.63, 3.8) is 0 Å². The lowest BCUT2D eigenvalue weighted by atomic mass is 9.98. The van der Waals surface area contributed by atoms with Gasteiger partial charge in [0, 0.05) is 25.7 Å². The molecule has 0 fully saturated rings. The van der Waals surface area contributed by atoms with Crippen LogP contribution in [0.5, 0.6) is 28.7 Å². The van der Waals surface area contributed by atoms with Crippen molar-refractivity contribution < 1.29 is 28.5 Å². The van der Waals surface area contributed by atoms with Gasteiger partial charge in [0.1, 0.15) is 5.75 Å². The van der Waals surface area contributed by atoms with Crippen LogP contribution in [0, 0.1) is 0 Å². The molecule has 0 spiro atoms. The van der Waals surface area contributed by atoms with Crippen LogP contribution in [-0.2, 0) is 19.4 Å². The van der Waals surface area contributed by atoms with Crippen LogP contribution in [0.3, 0.4) is 0 Å². The Kier molecular flexibility index (Phi) is 9.66. The summed E-state index contributed by atoms with van der Waals surface area (Å²) in [6.07, 6.45) is 1.18. The average Bonchev–Trinajstić information content (AvgIpc) is 3.66. The normalized spacial score (nSPS) is 12.6. The molecule has 1 aliphatic heterocycles. The van der Waals surface area contributed by atoms with Gasteiger partial charge in [-0.1, -0.05) is 42.5 Å². The lowest BCUT2D eigenvalue weighted by Gasteiger charge is -2.29. The number of anilines is 1. The van der Waals surface area contributed by atoms with Crippen molar-refractivity contribution in [3.8, 4) is 45.8 Å². The summed E-state index contributed by atoms with van der Waals surface area (Å²) in [5.41, 5.74) is 5.38. The highest BCUT2D eigenvalue weighted by Gasteiger charge is 2.21. The first kappa shape index (κ1) is 33.4. The van der Waals surface area contributed by atoms with Crippen LogP contribution in [0.2, 0.25) is 0 Å². The number of methoxy groups -OCH3 is 4. The van der Waals surface area contributed by atoms with E-state index < -0.39 is 6.09 Å². The minimum absolute atomic E-state index is 0.278. The SMILES string of the molecule is COc1cc2c(cc1OC)CN(CCc1ccc(-n3nnc(-c4cc(OC)c(OC)cc4NC(=O)Oc4ccc5ccccc5c4)n3)cc1)CC2. The molecule has 1 aliphatic rings. The number of nitrogens with one attached hydrogen (secondary N) is 1. The van der Waals surface area contributed by atoms with Crippen LogP contribution in [-0.4, -0.2) is 72.7 Å². The summed E-state index contributed by atoms with van der Waals surface area (Å²) in [6.45, 7) is 2.78. The van der Waals surface area contributed by atoms with Crippen molar-refractivity contribution in [1.82, 2.24) is 25.1 Å². The second-order valence-corrected chi connectivity index (χ2v) is 12.1. The molecular formula is C39H38N6O6. The molecular weight excluding hydrogens is 648 g/mol. The number of fused-ring (bicyclic) bond motifs is 2. The molecule has 0 saturated heterocycles. The Labute approximate surface area is 295 Å². The van der Waals surface area contributed by atoms with Gasteiger partial charge < -0.3 is 23.7 Å². The summed E-state index contributed by atoms with van der Waals surface area (Å²) in [5, 5.41) is 18.1. The third-order valence-corrected chi connectivity index (χ3v) is 9.03. The summed E-state index contributed by atoms with van der Waals surface area (Å²) in [7, 11) is 6.39. The number of carbonyl (C=O) groups is 1. The van der Waals surface area contributed by atoms with Gasteiger partial charge in [-0.05, 0) is 88.0 Å². The van der Waals surface area contributed by atoms with Crippen molar-refractivity contribution >= 4 is 22.6 Å². The number of benzene rings is 5. The number of carbonyl (C=O) groups excluding carboxylic acids is 1. The van der Waals surface area contributed by atoms with E-state index in [0.29, 0.717) is 28.5 Å². The van der Waals surface area contributed by atoms with Crippen molar-refractivity contribution in [2.24, 2.45) is 0 Å². The molecule has 5 aromatic carbocycles. The van der Waals surface area contributed by atoms with Gasteiger partial charge in [-0.2, -0.15) is 0 Å². The maximum absolute atomic E-state index is 13.1. The number of ether oxygens (including phenoxy) is 5. The number of tetrazole rings is 1. The first-order valence-electron chi connectivity index (χ1n) is 16.5. The Hall–Kier alpha value is -6.14. The van der Waals surface area contributed by atoms with E-state index in [9.17, 15) is 4.79 Å². The Morgan fingerprint density at radius 3 is 2.20 bits per heavy atom. The van der Waals surface area contributed by atoms with Crippen LogP contribution in [0.25, 0.3) is 27.8 Å². The van der Waals surface area contributed by atoms with E-state index in [2.05, 4.69) is 49.9 Å². The van der Waals surface area contributed by atoms with E-state index in [4.69, 9.17) is 23.7 Å². The summed E-state index contributed by atoms with van der Waals surface area (Å²) in [4.78, 5) is 17.0. The lowest BCUT2D eigenvalue weighted by molar-refractivity contribution is 0.215. The van der Waals surface area contributed by atoms with Gasteiger partial charge in [0.25, 0.3) is 0 Å². The van der Waals surface area contributed by atoms with E-state index >= 15 is 0 Å². The molecule has 0 unspecified atom stereocenters. The number of amides is 1. The Bertz CT molecular complexity index is 2180. The third kappa shape index (κ3) is 7.26. The second-order valence-electron chi connectivity index (χ2n) is 12.1. The zero-order valence-corrected chi connectivity index (χ0v) is 28.9. The Balaban J connectivity index is 1.04. The Morgan fingerprint density at radius 1 is 0.765 bits per heavy atom. The van der Waals surface area contributed by atoms with Gasteiger partial charge in [-0.3, -0.25) is 10.2 Å². The van der Waals surface area contributed by atoms with Gasteiger partial charge in [0.05, 0.1) is 45.4 Å². The molecule has 12 heteroatoms. The molecule has 1 N–H and O–H groups in total. The van der Waals surface area contributed by atoms with Crippen molar-refractivity contribution in [3.05, 3.63) is 108 Å². The minimum atomic E-state index is -0.685. The van der Waals surface area contributed by atoms with Crippen molar-refractivity contribution in [2.45, 2.75) is 19.4 Å². The standard InChI is InChI=1S/C39H38N6O6/c1-47-34-20-28-16-18-44(24-29(28)21-35(34)48-2)17-15-25-9-12-30(13-10-25)45-42-38(41-43-45)32-22-36(49-3)37(50-4)23-33(32)40-39(46)51-31-14-11-26-7-5-6-8-27(26)19-31/h5-14,19-23H,15-18,24H2,1-4H3,(H,40,46). The molecule has 1 aromatic heterocycles. The summed E-state index contributed by atoms with van der Waals surface area (Å²) < 4.78 is 27.7. The third-order valence-electron chi connectivity index (χ3n) is 9.03. The van der Waals surface area contributed by atoms with Crippen LogP contribution >= 0.6 is 0 Å². The zero-order valence-electron chi connectivity index (χ0n) is 28.9. The van der Waals surface area contributed by atoms with Gasteiger partial charge in [0.15, 0.2) is 23.0 Å². The van der Waals surface area contributed by atoms with Crippen LogP contribution in [0.1, 0.15) is 16.7 Å². The van der Waals surface area contributed by atoms with Gasteiger partial charge in [0.2, 0.25) is 5.82 Å². The topological polar surface area (TPSA) is 122 Å². The molecule has 0 aliphatic carbocycles. The predicted octanol–water partition coefficient (Wildman–Crippen LogP) is 6.73. The maximum atomic E-state index is 13.1. The van der Waals surface area contributed by atoms with E-state index in [1.807, 2.05) is 48.5 Å². The molecule has 0 saturated carbocycles. The van der Waals surface area contributed by atoms with Crippen LogP contribution in [0.4, 0.5) is 10.5 Å². The van der Waals surface area contributed by atoms with E-state index in [-0.39, 0.29) is 5.82 Å². The first-order valence-corrected chi connectivity index (χ1v) is 16.5. The maximum Gasteiger partial charge on any atom is 0.417 e. The molecule has 1 amide bonds. The number of aromatic nitrogens is 4. The van der Waals surface area contributed by atoms with E-state index in [1.54, 1.807) is 32.4 Å². The fourth-order valence-electron chi connectivity index (χ4n) is 6.29. The largest absolute Gasteiger partial charge is 0.493 e. The Morgan fingerprint density at radius 2 is 1.45 bits per heavy atom. The molecule has 0 bridgehead atoms. The van der Waals surface area contributed by atoms with E-state index in [0.717, 1.165) is 60.4 Å². The number of rotatable bonds is 11. The molecule has 12 nitrogen and oxygen atoms in total. The number of nitrogens with zero attached hydrogens (tertiary/aromatic N) is 5. The molecule has 7 rings (SSSR count). The molecule has 51 heavy (non-hydrogen) atoms. The molecule has 260 valence electrons. The monoisotopic (exact) mass is 686 g/mol. The summed E-state index contributed by atoms with van der Waals surface area (Å²) in [5.74, 6) is 3.08. The predicted molar refractivity (Wildman–Crippen MR) is 194 cm³/mol. The van der Waals surface area contributed by atoms with Crippen molar-refractivity contribution in [1.29, 1.82) is 0 Å². The average molecular weight is 687 g/mol. The number of hydrogen-bond acceptors (Lipinski definition) is 10. The molecule has 6 aromatic rings. The second kappa shape index (κ2) is 14.8. The quantitative estimate of drug-likeness (QED) is 0.157. The fraction of sp³-hybridized carbons (Fsp3) is 0.231. The van der Waals surface area contributed by atoms with Gasteiger partial charge >= 0.3 is 6.09 Å². The first-order chi connectivity index (χ1) is 24.9.